The molecule has 0 aliphatic carbocycles. The minimum absolute atomic E-state index is 0.195. The van der Waals surface area contributed by atoms with Crippen molar-refractivity contribution in [1.29, 1.82) is 0 Å². The van der Waals surface area contributed by atoms with Crippen molar-refractivity contribution in [3.63, 3.8) is 0 Å². The standard InChI is InChI=1S/C39H53NO9Si/c1-28-26-40(33(42)25-31(28)41)38-37(36(49-35-20-12-14-22-44-35)32(48-38)27-46-34-19-11-13-21-43-34)45-23-24-47-50(39(2,3)4,29-15-7-5-8-16-29)30-17-9-6-10-18-30/h5-10,15-18,26,32,34-38H,11-14,19-25,27H2,1-4H3/t32-,34?,35?,36-,37+,38-/m1/s1. The minimum atomic E-state index is -2.81. The maximum Gasteiger partial charge on any atom is 0.261 e. The van der Waals surface area contributed by atoms with Crippen LogP contribution in [0.5, 0.6) is 0 Å². The average molecular weight is 708 g/mol. The Kier molecular flexibility index (Phi) is 12.4. The molecule has 0 radical (unpaired) electrons. The van der Waals surface area contributed by atoms with Crippen LogP contribution in [0.4, 0.5) is 0 Å². The summed E-state index contributed by atoms with van der Waals surface area (Å²) in [7, 11) is -2.81. The molecule has 0 spiro atoms. The lowest BCUT2D eigenvalue weighted by Gasteiger charge is -2.43. The van der Waals surface area contributed by atoms with Gasteiger partial charge in [-0.25, -0.2) is 0 Å². The van der Waals surface area contributed by atoms with Crippen LogP contribution >= 0.6 is 0 Å². The number of Topliss-reactive ketones (excluding diaryl/α,β-unsaturated/α-hetero) is 1. The van der Waals surface area contributed by atoms with E-state index in [0.29, 0.717) is 25.4 Å². The van der Waals surface area contributed by atoms with Gasteiger partial charge in [0.25, 0.3) is 8.32 Å². The number of hydrogen-bond acceptors (Lipinski definition) is 9. The monoisotopic (exact) mass is 707 g/mol. The highest BCUT2D eigenvalue weighted by atomic mass is 28.4. The van der Waals surface area contributed by atoms with Crippen molar-refractivity contribution in [3.05, 3.63) is 72.4 Å². The molecule has 10 nitrogen and oxygen atoms in total. The summed E-state index contributed by atoms with van der Waals surface area (Å²) < 4.78 is 45.2. The van der Waals surface area contributed by atoms with Gasteiger partial charge < -0.3 is 32.8 Å². The third kappa shape index (κ3) is 8.31. The Morgan fingerprint density at radius 1 is 0.800 bits per heavy atom. The maximum absolute atomic E-state index is 13.4. The second kappa shape index (κ2) is 16.7. The number of hydrogen-bond donors (Lipinski definition) is 0. The normalized spacial score (nSPS) is 28.2. The van der Waals surface area contributed by atoms with Gasteiger partial charge in [0.1, 0.15) is 18.3 Å². The van der Waals surface area contributed by atoms with E-state index in [1.54, 1.807) is 13.1 Å². The number of ether oxygens (including phenoxy) is 6. The molecule has 0 saturated carbocycles. The van der Waals surface area contributed by atoms with E-state index in [-0.39, 0.29) is 42.7 Å². The number of amides is 1. The molecular weight excluding hydrogens is 655 g/mol. The number of allylic oxidation sites excluding steroid dienone is 1. The molecule has 0 aromatic heterocycles. The van der Waals surface area contributed by atoms with E-state index in [9.17, 15) is 9.59 Å². The first-order valence-corrected chi connectivity index (χ1v) is 20.1. The molecule has 6 rings (SSSR count). The lowest BCUT2D eigenvalue weighted by molar-refractivity contribution is -0.225. The first-order chi connectivity index (χ1) is 24.2. The largest absolute Gasteiger partial charge is 0.405 e. The first kappa shape index (κ1) is 37.0. The van der Waals surface area contributed by atoms with Crippen LogP contribution in [0.3, 0.4) is 0 Å². The molecule has 11 heteroatoms. The highest BCUT2D eigenvalue weighted by molar-refractivity contribution is 6.99. The molecule has 6 atom stereocenters. The highest BCUT2D eigenvalue weighted by Crippen LogP contribution is 2.38. The second-order valence-corrected chi connectivity index (χ2v) is 19.0. The quantitative estimate of drug-likeness (QED) is 0.165. The Balaban J connectivity index is 1.27. The third-order valence-electron chi connectivity index (χ3n) is 10.1. The predicted molar refractivity (Wildman–Crippen MR) is 190 cm³/mol. The molecule has 3 saturated heterocycles. The van der Waals surface area contributed by atoms with Gasteiger partial charge in [-0.15, -0.1) is 0 Å². The van der Waals surface area contributed by atoms with Gasteiger partial charge in [-0.2, -0.15) is 0 Å². The Labute approximate surface area is 297 Å². The maximum atomic E-state index is 13.4. The van der Waals surface area contributed by atoms with Gasteiger partial charge in [-0.3, -0.25) is 14.5 Å². The molecular formula is C39H53NO9Si. The van der Waals surface area contributed by atoms with E-state index in [1.165, 1.54) is 15.3 Å². The van der Waals surface area contributed by atoms with Gasteiger partial charge in [0.05, 0.1) is 26.2 Å². The summed E-state index contributed by atoms with van der Waals surface area (Å²) in [5.41, 5.74) is 0.491. The van der Waals surface area contributed by atoms with Gasteiger partial charge in [0, 0.05) is 25.0 Å². The van der Waals surface area contributed by atoms with E-state index < -0.39 is 39.1 Å². The Hall–Kier alpha value is -2.74. The Morgan fingerprint density at radius 2 is 1.42 bits per heavy atom. The molecule has 50 heavy (non-hydrogen) atoms. The summed E-state index contributed by atoms with van der Waals surface area (Å²) in [4.78, 5) is 27.3. The van der Waals surface area contributed by atoms with Crippen molar-refractivity contribution in [3.8, 4) is 0 Å². The van der Waals surface area contributed by atoms with Crippen LogP contribution in [0.15, 0.2) is 72.4 Å². The van der Waals surface area contributed by atoms with Gasteiger partial charge in [-0.1, -0.05) is 81.4 Å². The second-order valence-electron chi connectivity index (χ2n) is 14.7. The van der Waals surface area contributed by atoms with E-state index in [0.717, 1.165) is 38.5 Å². The Morgan fingerprint density at radius 3 is 2.00 bits per heavy atom. The Bertz CT molecular complexity index is 1400. The molecule has 4 aliphatic rings. The number of nitrogens with zero attached hydrogens (tertiary/aromatic N) is 1. The topological polar surface area (TPSA) is 102 Å². The van der Waals surface area contributed by atoms with Crippen molar-refractivity contribution in [2.45, 2.75) is 115 Å². The zero-order valence-electron chi connectivity index (χ0n) is 29.9. The van der Waals surface area contributed by atoms with Gasteiger partial charge in [0.15, 0.2) is 24.6 Å². The lowest BCUT2D eigenvalue weighted by atomic mass is 10.0. The lowest BCUT2D eigenvalue weighted by Crippen LogP contribution is -2.66. The zero-order valence-corrected chi connectivity index (χ0v) is 30.9. The summed E-state index contributed by atoms with van der Waals surface area (Å²) in [5.74, 6) is -0.536. The van der Waals surface area contributed by atoms with E-state index >= 15 is 0 Å². The van der Waals surface area contributed by atoms with Gasteiger partial charge in [-0.05, 0) is 60.9 Å². The van der Waals surface area contributed by atoms with Crippen LogP contribution in [0.2, 0.25) is 5.04 Å². The summed E-state index contributed by atoms with van der Waals surface area (Å²) >= 11 is 0. The SMILES string of the molecule is CC1=CN([C@@H]2O[C@H](COC3CCCCO3)[C@@H](OC3CCCCO3)[C@@H]2OCCO[Si](c2ccccc2)(c2ccccc2)C(C)(C)C)C(=O)CC1=O. The summed E-state index contributed by atoms with van der Waals surface area (Å²) in [5, 5.41) is 2.17. The summed E-state index contributed by atoms with van der Waals surface area (Å²) in [6, 6.07) is 21.0. The molecule has 272 valence electrons. The fraction of sp³-hybridized carbons (Fsp3) is 0.590. The van der Waals surface area contributed by atoms with Crippen molar-refractivity contribution in [2.75, 3.05) is 33.0 Å². The fourth-order valence-electron chi connectivity index (χ4n) is 7.52. The highest BCUT2D eigenvalue weighted by Gasteiger charge is 2.53. The molecule has 4 aliphatic heterocycles. The molecule has 2 aromatic carbocycles. The van der Waals surface area contributed by atoms with E-state index in [2.05, 4.69) is 69.3 Å². The van der Waals surface area contributed by atoms with Crippen molar-refractivity contribution in [2.24, 2.45) is 0 Å². The van der Waals surface area contributed by atoms with Crippen LogP contribution in [0.1, 0.15) is 72.6 Å². The molecule has 4 heterocycles. The summed E-state index contributed by atoms with van der Waals surface area (Å²) in [6.45, 7) is 10.5. The van der Waals surface area contributed by atoms with Crippen LogP contribution in [-0.4, -0.2) is 95.1 Å². The number of carbonyl (C=O) groups excluding carboxylic acids is 2. The minimum Gasteiger partial charge on any atom is -0.405 e. The first-order valence-electron chi connectivity index (χ1n) is 18.2. The number of benzene rings is 2. The number of carbonyl (C=O) groups is 2. The van der Waals surface area contributed by atoms with Crippen LogP contribution in [0, 0.1) is 0 Å². The van der Waals surface area contributed by atoms with E-state index in [4.69, 9.17) is 32.8 Å². The number of ketones is 1. The fourth-order valence-corrected chi connectivity index (χ4v) is 12.1. The summed E-state index contributed by atoms with van der Waals surface area (Å²) in [6.07, 6.45) is 3.45. The zero-order chi connectivity index (χ0) is 35.1. The van der Waals surface area contributed by atoms with Crippen LogP contribution < -0.4 is 10.4 Å². The van der Waals surface area contributed by atoms with Crippen LogP contribution in [0.25, 0.3) is 0 Å². The van der Waals surface area contributed by atoms with Crippen LogP contribution in [-0.2, 0) is 42.4 Å². The van der Waals surface area contributed by atoms with Crippen molar-refractivity contribution >= 4 is 30.4 Å². The molecule has 1 amide bonds. The van der Waals surface area contributed by atoms with Crippen molar-refractivity contribution < 1.29 is 42.4 Å². The number of rotatable bonds is 13. The molecule has 2 unspecified atom stereocenters. The molecule has 3 fully saturated rings. The molecule has 0 N–H and O–H groups in total. The molecule has 2 aromatic rings. The van der Waals surface area contributed by atoms with Gasteiger partial charge >= 0.3 is 0 Å². The van der Waals surface area contributed by atoms with Gasteiger partial charge in [0.2, 0.25) is 5.91 Å². The third-order valence-corrected chi connectivity index (χ3v) is 15.1. The van der Waals surface area contributed by atoms with Crippen molar-refractivity contribution in [1.82, 2.24) is 4.90 Å². The van der Waals surface area contributed by atoms with E-state index in [1.807, 2.05) is 12.1 Å². The predicted octanol–water partition coefficient (Wildman–Crippen LogP) is 4.83. The average Bonchev–Trinajstić information content (AvgIpc) is 3.46. The smallest absolute Gasteiger partial charge is 0.261 e. The molecule has 0 bridgehead atoms.